The molecule has 0 spiro atoms. The number of hydrogen-bond donors (Lipinski definition) is 5. The number of carbonyl (C=O) groups is 1. The Balaban J connectivity index is 3.00. The standard InChI is InChI=1S/C8H9N3O3/c9-8(10)11-4-1-2-5(7(13)14)6(12)3-4/h1-3,12H,(H,13,14)(H4,9,10,11). The molecule has 1 rings (SSSR count). The molecule has 1 aromatic rings. The summed E-state index contributed by atoms with van der Waals surface area (Å²) in [4.78, 5) is 10.5. The molecule has 0 bridgehead atoms. The van der Waals surface area contributed by atoms with Crippen molar-refractivity contribution < 1.29 is 15.0 Å². The van der Waals surface area contributed by atoms with Crippen LogP contribution in [0.15, 0.2) is 18.2 Å². The highest BCUT2D eigenvalue weighted by Gasteiger charge is 2.09. The van der Waals surface area contributed by atoms with Crippen molar-refractivity contribution in [1.82, 2.24) is 0 Å². The third kappa shape index (κ3) is 2.13. The van der Waals surface area contributed by atoms with Gasteiger partial charge in [-0.1, -0.05) is 0 Å². The normalized spacial score (nSPS) is 9.43. The Morgan fingerprint density at radius 3 is 2.57 bits per heavy atom. The SMILES string of the molecule is N=C(N)Nc1ccc(C(=O)O)c(O)c1. The molecule has 0 atom stereocenters. The van der Waals surface area contributed by atoms with Gasteiger partial charge in [0.15, 0.2) is 5.96 Å². The summed E-state index contributed by atoms with van der Waals surface area (Å²) >= 11 is 0. The highest BCUT2D eigenvalue weighted by molar-refractivity contribution is 5.94. The number of carboxylic acid groups (broad SMARTS) is 1. The van der Waals surface area contributed by atoms with E-state index in [0.29, 0.717) is 5.69 Å². The van der Waals surface area contributed by atoms with E-state index in [1.54, 1.807) is 0 Å². The van der Waals surface area contributed by atoms with E-state index >= 15 is 0 Å². The van der Waals surface area contributed by atoms with E-state index in [0.717, 1.165) is 0 Å². The van der Waals surface area contributed by atoms with Crippen LogP contribution in [-0.2, 0) is 0 Å². The van der Waals surface area contributed by atoms with Gasteiger partial charge in [-0.05, 0) is 12.1 Å². The Hall–Kier alpha value is -2.24. The number of nitrogens with one attached hydrogen (secondary N) is 2. The predicted molar refractivity (Wildman–Crippen MR) is 50.6 cm³/mol. The summed E-state index contributed by atoms with van der Waals surface area (Å²) in [5, 5.41) is 27.2. The van der Waals surface area contributed by atoms with Crippen LogP contribution in [0.25, 0.3) is 0 Å². The van der Waals surface area contributed by atoms with Crippen molar-refractivity contribution in [1.29, 1.82) is 5.41 Å². The van der Waals surface area contributed by atoms with Crippen LogP contribution in [0.4, 0.5) is 5.69 Å². The number of phenols is 1. The Morgan fingerprint density at radius 2 is 2.14 bits per heavy atom. The van der Waals surface area contributed by atoms with Gasteiger partial charge in [0, 0.05) is 11.8 Å². The first kappa shape index (κ1) is 9.85. The van der Waals surface area contributed by atoms with Crippen LogP contribution >= 0.6 is 0 Å². The zero-order valence-electron chi connectivity index (χ0n) is 7.11. The predicted octanol–water partition coefficient (Wildman–Crippen LogP) is 0.396. The number of benzene rings is 1. The molecular formula is C8H9N3O3. The minimum atomic E-state index is -1.21. The van der Waals surface area contributed by atoms with Crippen molar-refractivity contribution >= 4 is 17.6 Å². The van der Waals surface area contributed by atoms with Crippen LogP contribution in [0, 0.1) is 5.41 Å². The highest BCUT2D eigenvalue weighted by Crippen LogP contribution is 2.21. The minimum absolute atomic E-state index is 0.195. The number of nitrogens with two attached hydrogens (primary N) is 1. The van der Waals surface area contributed by atoms with Crippen molar-refractivity contribution in [2.75, 3.05) is 5.32 Å². The number of aromatic hydroxyl groups is 1. The highest BCUT2D eigenvalue weighted by atomic mass is 16.4. The second kappa shape index (κ2) is 3.65. The average Bonchev–Trinajstić information content (AvgIpc) is 2.01. The second-order valence-electron chi connectivity index (χ2n) is 2.58. The third-order valence-corrected chi connectivity index (χ3v) is 1.51. The van der Waals surface area contributed by atoms with Crippen LogP contribution in [0.1, 0.15) is 10.4 Å². The van der Waals surface area contributed by atoms with Crippen molar-refractivity contribution in [3.8, 4) is 5.75 Å². The van der Waals surface area contributed by atoms with E-state index in [4.69, 9.17) is 16.2 Å². The van der Waals surface area contributed by atoms with E-state index in [9.17, 15) is 9.90 Å². The molecule has 0 saturated heterocycles. The largest absolute Gasteiger partial charge is 0.507 e. The first-order valence-electron chi connectivity index (χ1n) is 3.68. The molecular weight excluding hydrogens is 186 g/mol. The molecule has 0 aliphatic carbocycles. The summed E-state index contributed by atoms with van der Waals surface area (Å²) in [5.41, 5.74) is 5.21. The summed E-state index contributed by atoms with van der Waals surface area (Å²) < 4.78 is 0. The zero-order valence-corrected chi connectivity index (χ0v) is 7.11. The lowest BCUT2D eigenvalue weighted by atomic mass is 10.2. The number of rotatable bonds is 2. The number of anilines is 1. The summed E-state index contributed by atoms with van der Waals surface area (Å²) in [7, 11) is 0. The van der Waals surface area contributed by atoms with Gasteiger partial charge in [0.2, 0.25) is 0 Å². The van der Waals surface area contributed by atoms with Crippen LogP contribution in [0.5, 0.6) is 5.75 Å². The lowest BCUT2D eigenvalue weighted by molar-refractivity contribution is 0.0694. The molecule has 6 heteroatoms. The molecule has 0 aliphatic rings. The topological polar surface area (TPSA) is 119 Å². The number of hydrogen-bond acceptors (Lipinski definition) is 3. The van der Waals surface area contributed by atoms with E-state index in [1.165, 1.54) is 18.2 Å². The molecule has 0 saturated carbocycles. The summed E-state index contributed by atoms with van der Waals surface area (Å²) in [6, 6.07) is 3.82. The smallest absolute Gasteiger partial charge is 0.339 e. The molecule has 6 nitrogen and oxygen atoms in total. The number of guanidine groups is 1. The fourth-order valence-electron chi connectivity index (χ4n) is 0.946. The molecule has 0 unspecified atom stereocenters. The van der Waals surface area contributed by atoms with Gasteiger partial charge >= 0.3 is 5.97 Å². The van der Waals surface area contributed by atoms with Gasteiger partial charge in [0.1, 0.15) is 11.3 Å². The van der Waals surface area contributed by atoms with Crippen LogP contribution in [0.3, 0.4) is 0 Å². The van der Waals surface area contributed by atoms with E-state index in [1.807, 2.05) is 0 Å². The lowest BCUT2D eigenvalue weighted by Crippen LogP contribution is -2.20. The minimum Gasteiger partial charge on any atom is -0.507 e. The average molecular weight is 195 g/mol. The molecule has 6 N–H and O–H groups in total. The quantitative estimate of drug-likeness (QED) is 0.345. The lowest BCUT2D eigenvalue weighted by Gasteiger charge is -2.05. The first-order valence-corrected chi connectivity index (χ1v) is 3.68. The molecule has 0 aliphatic heterocycles. The van der Waals surface area contributed by atoms with E-state index in [2.05, 4.69) is 5.32 Å². The van der Waals surface area contributed by atoms with Gasteiger partial charge < -0.3 is 21.3 Å². The molecule has 0 aromatic heterocycles. The molecule has 0 fully saturated rings. The van der Waals surface area contributed by atoms with Crippen molar-refractivity contribution in [2.45, 2.75) is 0 Å². The first-order chi connectivity index (χ1) is 6.50. The number of carboxylic acids is 1. The molecule has 0 heterocycles. The van der Waals surface area contributed by atoms with Gasteiger partial charge in [-0.25, -0.2) is 4.79 Å². The molecule has 0 amide bonds. The van der Waals surface area contributed by atoms with Gasteiger partial charge in [0.05, 0.1) is 0 Å². The summed E-state index contributed by atoms with van der Waals surface area (Å²) in [6.45, 7) is 0. The van der Waals surface area contributed by atoms with Crippen molar-refractivity contribution in [3.63, 3.8) is 0 Å². The van der Waals surface area contributed by atoms with Crippen molar-refractivity contribution in [3.05, 3.63) is 23.8 Å². The zero-order chi connectivity index (χ0) is 10.7. The van der Waals surface area contributed by atoms with Crippen LogP contribution in [0.2, 0.25) is 0 Å². The maximum Gasteiger partial charge on any atom is 0.339 e. The fourth-order valence-corrected chi connectivity index (χ4v) is 0.946. The molecule has 74 valence electrons. The van der Waals surface area contributed by atoms with Gasteiger partial charge in [-0.15, -0.1) is 0 Å². The van der Waals surface area contributed by atoms with Crippen LogP contribution < -0.4 is 11.1 Å². The fraction of sp³-hybridized carbons (Fsp3) is 0. The van der Waals surface area contributed by atoms with Gasteiger partial charge in [-0.2, -0.15) is 0 Å². The Morgan fingerprint density at radius 1 is 1.50 bits per heavy atom. The molecule has 1 aromatic carbocycles. The van der Waals surface area contributed by atoms with Crippen molar-refractivity contribution in [2.24, 2.45) is 5.73 Å². The second-order valence-corrected chi connectivity index (χ2v) is 2.58. The molecule has 0 radical (unpaired) electrons. The monoisotopic (exact) mass is 195 g/mol. The third-order valence-electron chi connectivity index (χ3n) is 1.51. The maximum atomic E-state index is 10.5. The Labute approximate surface area is 79.5 Å². The van der Waals surface area contributed by atoms with Gasteiger partial charge in [-0.3, -0.25) is 5.41 Å². The van der Waals surface area contributed by atoms with E-state index < -0.39 is 5.97 Å². The van der Waals surface area contributed by atoms with E-state index in [-0.39, 0.29) is 17.3 Å². The van der Waals surface area contributed by atoms with Crippen LogP contribution in [-0.4, -0.2) is 22.1 Å². The Bertz CT molecular complexity index is 389. The summed E-state index contributed by atoms with van der Waals surface area (Å²) in [5.74, 6) is -1.87. The maximum absolute atomic E-state index is 10.5. The molecule has 14 heavy (non-hydrogen) atoms. The Kier molecular flexibility index (Phi) is 2.57. The number of aromatic carboxylic acids is 1. The van der Waals surface area contributed by atoms with Gasteiger partial charge in [0.25, 0.3) is 0 Å². The summed E-state index contributed by atoms with van der Waals surface area (Å²) in [6.07, 6.45) is 0.